The van der Waals surface area contributed by atoms with E-state index in [0.717, 1.165) is 31.3 Å². The number of epoxide rings is 1. The number of aliphatic hydroxyl groups is 1. The van der Waals surface area contributed by atoms with Crippen molar-refractivity contribution in [2.45, 2.75) is 89.9 Å². The van der Waals surface area contributed by atoms with E-state index in [1.807, 2.05) is 19.9 Å². The summed E-state index contributed by atoms with van der Waals surface area (Å²) in [4.78, 5) is 38.3. The molecule has 0 amide bonds. The summed E-state index contributed by atoms with van der Waals surface area (Å²) in [7, 11) is 0. The molecule has 1 heterocycles. The second-order valence-corrected chi connectivity index (χ2v) is 11.4. The quantitative estimate of drug-likeness (QED) is 0.484. The van der Waals surface area contributed by atoms with E-state index in [1.165, 1.54) is 0 Å². The maximum absolute atomic E-state index is 13.4. The molecule has 4 aliphatic carbocycles. The zero-order valence-electron chi connectivity index (χ0n) is 20.2. The van der Waals surface area contributed by atoms with Crippen LogP contribution in [-0.2, 0) is 23.9 Å². The smallest absolute Gasteiger partial charge is 0.306 e. The van der Waals surface area contributed by atoms with Gasteiger partial charge in [-0.15, -0.1) is 0 Å². The first-order valence-electron chi connectivity index (χ1n) is 12.6. The summed E-state index contributed by atoms with van der Waals surface area (Å²) >= 11 is 0. The van der Waals surface area contributed by atoms with Crippen LogP contribution in [0.1, 0.15) is 72.6 Å². The number of unbranched alkanes of at least 4 members (excludes halogenated alkanes) is 1. The fraction of sp³-hybridized carbons (Fsp3) is 0.741. The van der Waals surface area contributed by atoms with Crippen LogP contribution in [-0.4, -0.2) is 46.6 Å². The molecule has 1 N–H and O–H groups in total. The average Bonchev–Trinajstić information content (AvgIpc) is 3.45. The largest absolute Gasteiger partial charge is 0.450 e. The normalized spacial score (nSPS) is 47.1. The minimum Gasteiger partial charge on any atom is -0.450 e. The van der Waals surface area contributed by atoms with Crippen molar-refractivity contribution < 1.29 is 29.0 Å². The topological polar surface area (TPSA) is 93.2 Å². The summed E-state index contributed by atoms with van der Waals surface area (Å²) in [5.74, 6) is -0.549. The Morgan fingerprint density at radius 1 is 1.27 bits per heavy atom. The van der Waals surface area contributed by atoms with Gasteiger partial charge in [0.1, 0.15) is 12.2 Å². The molecule has 0 bridgehead atoms. The van der Waals surface area contributed by atoms with Crippen LogP contribution in [0.2, 0.25) is 0 Å². The molecular weight excluding hydrogens is 420 g/mol. The molecule has 0 aromatic rings. The number of carbonyl (C=O) groups is 3. The van der Waals surface area contributed by atoms with Gasteiger partial charge in [0, 0.05) is 23.2 Å². The molecule has 0 radical (unpaired) electrons. The molecule has 6 heteroatoms. The van der Waals surface area contributed by atoms with Gasteiger partial charge in [-0.1, -0.05) is 38.8 Å². The van der Waals surface area contributed by atoms with E-state index < -0.39 is 17.6 Å². The van der Waals surface area contributed by atoms with Gasteiger partial charge in [0.25, 0.3) is 0 Å². The fourth-order valence-electron chi connectivity index (χ4n) is 8.51. The summed E-state index contributed by atoms with van der Waals surface area (Å²) in [5.41, 5.74) is -1.49. The van der Waals surface area contributed by atoms with Crippen molar-refractivity contribution in [1.29, 1.82) is 0 Å². The van der Waals surface area contributed by atoms with Gasteiger partial charge in [-0.2, -0.15) is 0 Å². The van der Waals surface area contributed by atoms with Crippen molar-refractivity contribution in [3.63, 3.8) is 0 Å². The van der Waals surface area contributed by atoms with Crippen molar-refractivity contribution >= 4 is 17.5 Å². The highest BCUT2D eigenvalue weighted by atomic mass is 16.6. The Kier molecular flexibility index (Phi) is 5.12. The van der Waals surface area contributed by atoms with Crippen molar-refractivity contribution in [3.05, 3.63) is 23.8 Å². The number of ketones is 2. The predicted molar refractivity (Wildman–Crippen MR) is 121 cm³/mol. The Bertz CT molecular complexity index is 966. The summed E-state index contributed by atoms with van der Waals surface area (Å²) in [6, 6.07) is 0. The van der Waals surface area contributed by atoms with E-state index in [2.05, 4.69) is 13.8 Å². The van der Waals surface area contributed by atoms with Crippen LogP contribution in [0.4, 0.5) is 0 Å². The Labute approximate surface area is 195 Å². The lowest BCUT2D eigenvalue weighted by atomic mass is 9.46. The number of esters is 1. The standard InChI is InChI=1S/C27H36O6/c1-5-6-7-23(31)33-26(21(30)15-28)16(2)12-20-19-9-8-17-13-18(29)10-11-24(17,3)27(19)22(32-27)14-25(20,26)4/h10-11,13,16,19-20,22,28H,5-9,12,14-15H2,1-4H3/t16-,19-,20-,22-,24-,25-,26-,27+/m0/s1. The number of aliphatic hydroxyl groups excluding tert-OH is 1. The SMILES string of the molecule is CCCCC(=O)O[C@]1(C(=O)CO)[C@@H](C)C[C@H]2[C@@H]3CCC4=CC(=O)C=C[C@]4(C)[C@@]34O[C@H]4C[C@@]21C. The molecule has 33 heavy (non-hydrogen) atoms. The van der Waals surface area contributed by atoms with Crippen LogP contribution in [0.25, 0.3) is 0 Å². The molecule has 0 aromatic heterocycles. The van der Waals surface area contributed by atoms with Crippen LogP contribution in [0, 0.1) is 28.6 Å². The Morgan fingerprint density at radius 2 is 2.03 bits per heavy atom. The van der Waals surface area contributed by atoms with Crippen molar-refractivity contribution in [1.82, 2.24) is 0 Å². The van der Waals surface area contributed by atoms with E-state index in [9.17, 15) is 19.5 Å². The zero-order chi connectivity index (χ0) is 23.8. The van der Waals surface area contributed by atoms with Gasteiger partial charge >= 0.3 is 5.97 Å². The minimum absolute atomic E-state index is 0.0382. The Balaban J connectivity index is 1.55. The van der Waals surface area contributed by atoms with E-state index in [1.54, 1.807) is 12.2 Å². The molecule has 6 nitrogen and oxygen atoms in total. The van der Waals surface area contributed by atoms with Gasteiger partial charge in [-0.25, -0.2) is 0 Å². The number of rotatable bonds is 6. The van der Waals surface area contributed by atoms with Crippen molar-refractivity contribution in [2.24, 2.45) is 28.6 Å². The van der Waals surface area contributed by atoms with E-state index in [0.29, 0.717) is 12.8 Å². The molecule has 180 valence electrons. The van der Waals surface area contributed by atoms with Crippen LogP contribution >= 0.6 is 0 Å². The van der Waals surface area contributed by atoms with Gasteiger partial charge in [-0.05, 0) is 63.0 Å². The van der Waals surface area contributed by atoms with E-state index in [-0.39, 0.29) is 58.8 Å². The molecule has 4 fully saturated rings. The van der Waals surface area contributed by atoms with E-state index >= 15 is 0 Å². The molecule has 5 aliphatic rings. The lowest BCUT2D eigenvalue weighted by molar-refractivity contribution is -0.193. The number of hydrogen-bond acceptors (Lipinski definition) is 6. The lowest BCUT2D eigenvalue weighted by Crippen LogP contribution is -2.63. The minimum atomic E-state index is -1.33. The van der Waals surface area contributed by atoms with Crippen LogP contribution in [0.3, 0.4) is 0 Å². The van der Waals surface area contributed by atoms with Crippen LogP contribution in [0.15, 0.2) is 23.8 Å². The number of fused-ring (bicyclic) bond motifs is 3. The van der Waals surface area contributed by atoms with Crippen LogP contribution < -0.4 is 0 Å². The molecule has 8 atom stereocenters. The van der Waals surface area contributed by atoms with Gasteiger partial charge in [0.15, 0.2) is 11.4 Å². The van der Waals surface area contributed by atoms with Gasteiger partial charge in [0.2, 0.25) is 5.78 Å². The number of Topliss-reactive ketones (excluding diaryl/α,β-unsaturated/α-hetero) is 1. The number of carbonyl (C=O) groups excluding carboxylic acids is 3. The van der Waals surface area contributed by atoms with Crippen LogP contribution in [0.5, 0.6) is 0 Å². The maximum Gasteiger partial charge on any atom is 0.306 e. The average molecular weight is 457 g/mol. The predicted octanol–water partition coefficient (Wildman–Crippen LogP) is 3.71. The first-order chi connectivity index (χ1) is 15.6. The molecule has 1 spiro atoms. The second-order valence-electron chi connectivity index (χ2n) is 11.4. The molecule has 1 saturated heterocycles. The molecule has 1 aliphatic heterocycles. The Morgan fingerprint density at radius 3 is 2.73 bits per heavy atom. The number of allylic oxidation sites excluding steroid dienone is 2. The third kappa shape index (κ3) is 2.71. The number of ether oxygens (including phenoxy) is 2. The summed E-state index contributed by atoms with van der Waals surface area (Å²) in [6.45, 7) is 7.65. The molecule has 5 rings (SSSR count). The second kappa shape index (κ2) is 7.35. The third-order valence-corrected chi connectivity index (χ3v) is 10.0. The third-order valence-electron chi connectivity index (χ3n) is 10.0. The molecule has 0 unspecified atom stereocenters. The summed E-state index contributed by atoms with van der Waals surface area (Å²) in [5, 5.41) is 9.98. The van der Waals surface area contributed by atoms with E-state index in [4.69, 9.17) is 9.47 Å². The number of hydrogen-bond donors (Lipinski definition) is 1. The summed E-state index contributed by atoms with van der Waals surface area (Å²) in [6.07, 6.45) is 10.4. The van der Waals surface area contributed by atoms with Crippen molar-refractivity contribution in [3.8, 4) is 0 Å². The van der Waals surface area contributed by atoms with Gasteiger partial charge in [0.05, 0.1) is 6.10 Å². The lowest BCUT2D eigenvalue weighted by Gasteiger charge is -2.56. The zero-order valence-corrected chi connectivity index (χ0v) is 20.2. The highest BCUT2D eigenvalue weighted by molar-refractivity contribution is 6.01. The van der Waals surface area contributed by atoms with Crippen molar-refractivity contribution in [2.75, 3.05) is 6.61 Å². The molecule has 0 aromatic carbocycles. The first-order valence-corrected chi connectivity index (χ1v) is 12.6. The Hall–Kier alpha value is -1.79. The monoisotopic (exact) mass is 456 g/mol. The first kappa shape index (κ1) is 23.0. The maximum atomic E-state index is 13.4. The summed E-state index contributed by atoms with van der Waals surface area (Å²) < 4.78 is 12.7. The van der Waals surface area contributed by atoms with Gasteiger partial charge in [-0.3, -0.25) is 14.4 Å². The molecular formula is C27H36O6. The highest BCUT2D eigenvalue weighted by Crippen LogP contribution is 2.76. The fourth-order valence-corrected chi connectivity index (χ4v) is 8.51. The molecule has 3 saturated carbocycles. The van der Waals surface area contributed by atoms with Gasteiger partial charge < -0.3 is 14.6 Å². The highest BCUT2D eigenvalue weighted by Gasteiger charge is 2.82.